The summed E-state index contributed by atoms with van der Waals surface area (Å²) in [7, 11) is 0. The van der Waals surface area contributed by atoms with Crippen LogP contribution in [0.1, 0.15) is 36.6 Å². The van der Waals surface area contributed by atoms with Gasteiger partial charge in [-0.1, -0.05) is 25.6 Å². The minimum atomic E-state index is 0.424. The SMILES string of the molecule is CCC1(CC)CN=C(NCc2ncc(C)s2)SC1. The Bertz CT molecular complexity index is 422. The molecule has 0 radical (unpaired) electrons. The van der Waals surface area contributed by atoms with Crippen molar-refractivity contribution < 1.29 is 0 Å². The molecule has 0 aromatic carbocycles. The molecule has 0 saturated carbocycles. The predicted octanol–water partition coefficient (Wildman–Crippen LogP) is 3.45. The zero-order valence-electron chi connectivity index (χ0n) is 11.3. The molecule has 1 N–H and O–H groups in total. The first-order valence-corrected chi connectivity index (χ1v) is 8.30. The fourth-order valence-electron chi connectivity index (χ4n) is 1.97. The van der Waals surface area contributed by atoms with Gasteiger partial charge in [0, 0.05) is 23.4 Å². The van der Waals surface area contributed by atoms with E-state index in [9.17, 15) is 0 Å². The van der Waals surface area contributed by atoms with Crippen molar-refractivity contribution in [2.75, 3.05) is 12.3 Å². The molecule has 2 rings (SSSR count). The summed E-state index contributed by atoms with van der Waals surface area (Å²) < 4.78 is 0. The minimum absolute atomic E-state index is 0.424. The van der Waals surface area contributed by atoms with Crippen LogP contribution in [0.4, 0.5) is 0 Å². The molecule has 0 unspecified atom stereocenters. The summed E-state index contributed by atoms with van der Waals surface area (Å²) in [5.41, 5.74) is 0.424. The second-order valence-electron chi connectivity index (χ2n) is 4.84. The molecule has 0 amide bonds. The van der Waals surface area contributed by atoms with E-state index in [1.165, 1.54) is 23.5 Å². The van der Waals surface area contributed by atoms with Crippen LogP contribution in [0.25, 0.3) is 0 Å². The van der Waals surface area contributed by atoms with Gasteiger partial charge in [-0.15, -0.1) is 11.3 Å². The van der Waals surface area contributed by atoms with Crippen LogP contribution in [0.15, 0.2) is 11.2 Å². The fourth-order valence-corrected chi connectivity index (χ4v) is 3.97. The molecule has 0 fully saturated rings. The topological polar surface area (TPSA) is 37.3 Å². The van der Waals surface area contributed by atoms with Gasteiger partial charge in [-0.25, -0.2) is 4.98 Å². The van der Waals surface area contributed by atoms with Crippen LogP contribution in [0.3, 0.4) is 0 Å². The van der Waals surface area contributed by atoms with Crippen molar-refractivity contribution >= 4 is 28.3 Å². The summed E-state index contributed by atoms with van der Waals surface area (Å²) in [4.78, 5) is 10.3. The number of thiazole rings is 1. The maximum absolute atomic E-state index is 4.69. The number of rotatable bonds is 4. The van der Waals surface area contributed by atoms with Crippen molar-refractivity contribution in [3.05, 3.63) is 16.1 Å². The standard InChI is InChI=1S/C13H21N3S2/c1-4-13(5-2)8-16-12(17-9-13)15-7-11-14-6-10(3)18-11/h6H,4-5,7-9H2,1-3H3,(H,15,16). The molecule has 1 aliphatic rings. The van der Waals surface area contributed by atoms with E-state index < -0.39 is 0 Å². The molecule has 2 heterocycles. The maximum atomic E-state index is 4.69. The number of nitrogens with zero attached hydrogens (tertiary/aromatic N) is 2. The third kappa shape index (κ3) is 3.26. The van der Waals surface area contributed by atoms with Gasteiger partial charge in [0.1, 0.15) is 5.01 Å². The van der Waals surface area contributed by atoms with Gasteiger partial charge >= 0.3 is 0 Å². The molecule has 0 bridgehead atoms. The average molecular weight is 283 g/mol. The molecule has 1 aromatic heterocycles. The van der Waals surface area contributed by atoms with E-state index in [1.807, 2.05) is 18.0 Å². The largest absolute Gasteiger partial charge is 0.358 e. The zero-order chi connectivity index (χ0) is 13.0. The fraction of sp³-hybridized carbons (Fsp3) is 0.692. The van der Waals surface area contributed by atoms with E-state index in [4.69, 9.17) is 4.99 Å². The number of thioether (sulfide) groups is 1. The normalized spacial score (nSPS) is 18.5. The van der Waals surface area contributed by atoms with Crippen LogP contribution in [-0.4, -0.2) is 22.4 Å². The molecular weight excluding hydrogens is 262 g/mol. The number of hydrogen-bond acceptors (Lipinski definition) is 5. The molecule has 0 atom stereocenters. The number of aromatic nitrogens is 1. The lowest BCUT2D eigenvalue weighted by atomic mass is 9.84. The van der Waals surface area contributed by atoms with Crippen molar-refractivity contribution in [2.45, 2.75) is 40.2 Å². The van der Waals surface area contributed by atoms with Gasteiger partial charge in [-0.2, -0.15) is 0 Å². The third-order valence-corrected chi connectivity index (χ3v) is 5.85. The summed E-state index contributed by atoms with van der Waals surface area (Å²) in [6.07, 6.45) is 4.37. The summed E-state index contributed by atoms with van der Waals surface area (Å²) in [5.74, 6) is 1.18. The average Bonchev–Trinajstić information content (AvgIpc) is 2.83. The van der Waals surface area contributed by atoms with Gasteiger partial charge in [0.2, 0.25) is 0 Å². The van der Waals surface area contributed by atoms with Gasteiger partial charge in [-0.3, -0.25) is 4.99 Å². The highest BCUT2D eigenvalue weighted by Gasteiger charge is 2.29. The van der Waals surface area contributed by atoms with Crippen molar-refractivity contribution in [3.8, 4) is 0 Å². The highest BCUT2D eigenvalue weighted by Crippen LogP contribution is 2.34. The molecule has 1 aromatic rings. The van der Waals surface area contributed by atoms with Crippen molar-refractivity contribution in [1.29, 1.82) is 0 Å². The third-order valence-electron chi connectivity index (χ3n) is 3.63. The van der Waals surface area contributed by atoms with Crippen molar-refractivity contribution in [3.63, 3.8) is 0 Å². The van der Waals surface area contributed by atoms with Gasteiger partial charge < -0.3 is 5.32 Å². The summed E-state index contributed by atoms with van der Waals surface area (Å²) >= 11 is 3.61. The Morgan fingerprint density at radius 1 is 1.39 bits per heavy atom. The first kappa shape index (κ1) is 13.9. The second kappa shape index (κ2) is 6.06. The Kier molecular flexibility index (Phi) is 4.67. The van der Waals surface area contributed by atoms with Crippen LogP contribution in [-0.2, 0) is 6.54 Å². The molecule has 18 heavy (non-hydrogen) atoms. The Balaban J connectivity index is 1.87. The lowest BCUT2D eigenvalue weighted by Gasteiger charge is -2.33. The highest BCUT2D eigenvalue weighted by molar-refractivity contribution is 8.13. The van der Waals surface area contributed by atoms with Gasteiger partial charge in [0.25, 0.3) is 0 Å². The van der Waals surface area contributed by atoms with Crippen LogP contribution >= 0.6 is 23.1 Å². The van der Waals surface area contributed by atoms with Crippen LogP contribution in [0.2, 0.25) is 0 Å². The molecule has 3 nitrogen and oxygen atoms in total. The second-order valence-corrected chi connectivity index (χ2v) is 7.12. The quantitative estimate of drug-likeness (QED) is 0.919. The van der Waals surface area contributed by atoms with E-state index in [0.29, 0.717) is 5.41 Å². The van der Waals surface area contributed by atoms with Crippen molar-refractivity contribution in [1.82, 2.24) is 10.3 Å². The van der Waals surface area contributed by atoms with Crippen molar-refractivity contribution in [2.24, 2.45) is 10.4 Å². The number of amidine groups is 1. The van der Waals surface area contributed by atoms with E-state index in [2.05, 4.69) is 31.1 Å². The Labute approximate surface area is 118 Å². The lowest BCUT2D eigenvalue weighted by molar-refractivity contribution is 0.318. The van der Waals surface area contributed by atoms with Gasteiger partial charge in [-0.05, 0) is 25.2 Å². The molecule has 0 saturated heterocycles. The smallest absolute Gasteiger partial charge is 0.156 e. The molecule has 5 heteroatoms. The van der Waals surface area contributed by atoms with Crippen LogP contribution < -0.4 is 5.32 Å². The Morgan fingerprint density at radius 2 is 2.17 bits per heavy atom. The highest BCUT2D eigenvalue weighted by atomic mass is 32.2. The zero-order valence-corrected chi connectivity index (χ0v) is 13.0. The maximum Gasteiger partial charge on any atom is 0.156 e. The van der Waals surface area contributed by atoms with E-state index in [0.717, 1.165) is 23.3 Å². The lowest BCUT2D eigenvalue weighted by Crippen LogP contribution is -2.34. The number of nitrogens with one attached hydrogen (secondary N) is 1. The molecule has 1 aliphatic heterocycles. The minimum Gasteiger partial charge on any atom is -0.358 e. The summed E-state index contributed by atoms with van der Waals surface area (Å²) in [6.45, 7) is 8.40. The first-order valence-electron chi connectivity index (χ1n) is 6.50. The Hall–Kier alpha value is -0.550. The summed E-state index contributed by atoms with van der Waals surface area (Å²) in [5, 5.41) is 5.62. The van der Waals surface area contributed by atoms with Gasteiger partial charge in [0.15, 0.2) is 5.17 Å². The van der Waals surface area contributed by atoms with E-state index >= 15 is 0 Å². The molecule has 100 valence electrons. The van der Waals surface area contributed by atoms with Crippen LogP contribution in [0, 0.1) is 12.3 Å². The monoisotopic (exact) mass is 283 g/mol. The molecular formula is C13H21N3S2. The Morgan fingerprint density at radius 3 is 2.67 bits per heavy atom. The van der Waals surface area contributed by atoms with E-state index in [1.54, 1.807) is 11.3 Å². The molecule has 0 aliphatic carbocycles. The number of hydrogen-bond donors (Lipinski definition) is 1. The number of aryl methyl sites for hydroxylation is 1. The predicted molar refractivity (Wildman–Crippen MR) is 81.5 cm³/mol. The van der Waals surface area contributed by atoms with Crippen LogP contribution in [0.5, 0.6) is 0 Å². The number of aliphatic imine (C=N–C) groups is 1. The first-order chi connectivity index (χ1) is 8.67. The summed E-state index contributed by atoms with van der Waals surface area (Å²) in [6, 6.07) is 0. The van der Waals surface area contributed by atoms with Gasteiger partial charge in [0.05, 0.1) is 6.54 Å². The molecule has 0 spiro atoms. The van der Waals surface area contributed by atoms with E-state index in [-0.39, 0.29) is 0 Å².